The summed E-state index contributed by atoms with van der Waals surface area (Å²) in [4.78, 5) is 0. The van der Waals surface area contributed by atoms with Gasteiger partial charge in [0.25, 0.3) is 0 Å². The van der Waals surface area contributed by atoms with Crippen LogP contribution in [0, 0.1) is 11.3 Å². The van der Waals surface area contributed by atoms with Crippen molar-refractivity contribution in [3.05, 3.63) is 0 Å². The highest BCUT2D eigenvalue weighted by Gasteiger charge is 2.33. The molecule has 1 fully saturated rings. The molecule has 0 heterocycles. The van der Waals surface area contributed by atoms with Crippen LogP contribution in [0.25, 0.3) is 0 Å². The second-order valence-electron chi connectivity index (χ2n) is 5.91. The quantitative estimate of drug-likeness (QED) is 0.538. The molecule has 1 aliphatic carbocycles. The maximum atomic E-state index is 2.46. The van der Waals surface area contributed by atoms with Crippen molar-refractivity contribution in [2.45, 2.75) is 85.0 Å². The highest BCUT2D eigenvalue weighted by molar-refractivity contribution is 4.85. The van der Waals surface area contributed by atoms with E-state index in [1.54, 1.807) is 0 Å². The van der Waals surface area contributed by atoms with Crippen molar-refractivity contribution in [1.82, 2.24) is 0 Å². The minimum absolute atomic E-state index is 0.754. The van der Waals surface area contributed by atoms with Crippen LogP contribution in [0.2, 0.25) is 0 Å². The van der Waals surface area contributed by atoms with E-state index in [1.807, 2.05) is 0 Å². The monoisotopic (exact) mass is 210 g/mol. The molecule has 0 aromatic heterocycles. The second kappa shape index (κ2) is 6.55. The molecule has 0 bridgehead atoms. The van der Waals surface area contributed by atoms with Crippen molar-refractivity contribution in [2.24, 2.45) is 11.3 Å². The van der Waals surface area contributed by atoms with Crippen LogP contribution < -0.4 is 0 Å². The van der Waals surface area contributed by atoms with Crippen molar-refractivity contribution in [3.8, 4) is 0 Å². The molecule has 0 N–H and O–H groups in total. The van der Waals surface area contributed by atoms with Gasteiger partial charge in [0.05, 0.1) is 0 Å². The van der Waals surface area contributed by atoms with Crippen LogP contribution in [0.1, 0.15) is 85.0 Å². The van der Waals surface area contributed by atoms with Crippen LogP contribution >= 0.6 is 0 Å². The predicted octanol–water partition coefficient (Wildman–Crippen LogP) is 5.56. The van der Waals surface area contributed by atoms with E-state index >= 15 is 0 Å². The molecule has 1 rings (SSSR count). The predicted molar refractivity (Wildman–Crippen MR) is 69.1 cm³/mol. The SMILES string of the molecule is CCCCC1(CCCC)CCCC(C)C1. The molecular weight excluding hydrogens is 180 g/mol. The van der Waals surface area contributed by atoms with Gasteiger partial charge in [-0.1, -0.05) is 59.3 Å². The zero-order valence-electron chi connectivity index (χ0n) is 11.1. The van der Waals surface area contributed by atoms with Gasteiger partial charge in [-0.3, -0.25) is 0 Å². The van der Waals surface area contributed by atoms with Crippen LogP contribution in [0.4, 0.5) is 0 Å². The Labute approximate surface area is 96.8 Å². The van der Waals surface area contributed by atoms with Crippen LogP contribution in [-0.4, -0.2) is 0 Å². The summed E-state index contributed by atoms with van der Waals surface area (Å²) in [6.07, 6.45) is 14.7. The lowest BCUT2D eigenvalue weighted by atomic mass is 9.65. The molecule has 0 aliphatic heterocycles. The highest BCUT2D eigenvalue weighted by Crippen LogP contribution is 2.46. The third-order valence-corrected chi connectivity index (χ3v) is 4.31. The Hall–Kier alpha value is 0. The zero-order chi connectivity index (χ0) is 11.1. The fourth-order valence-corrected chi connectivity index (χ4v) is 3.45. The topological polar surface area (TPSA) is 0 Å². The Balaban J connectivity index is 2.49. The molecular formula is C15H30. The first kappa shape index (κ1) is 13.1. The van der Waals surface area contributed by atoms with Crippen molar-refractivity contribution in [3.63, 3.8) is 0 Å². The normalized spacial score (nSPS) is 25.4. The maximum Gasteiger partial charge on any atom is -0.0295 e. The summed E-state index contributed by atoms with van der Waals surface area (Å²) in [5.74, 6) is 0.993. The van der Waals surface area contributed by atoms with Crippen LogP contribution in [0.15, 0.2) is 0 Å². The number of unbranched alkanes of at least 4 members (excludes halogenated alkanes) is 2. The van der Waals surface area contributed by atoms with Crippen molar-refractivity contribution >= 4 is 0 Å². The van der Waals surface area contributed by atoms with Gasteiger partial charge in [0.1, 0.15) is 0 Å². The molecule has 1 atom stereocenters. The number of rotatable bonds is 6. The lowest BCUT2D eigenvalue weighted by molar-refractivity contribution is 0.114. The first-order valence-corrected chi connectivity index (χ1v) is 7.22. The summed E-state index contributed by atoms with van der Waals surface area (Å²) in [6.45, 7) is 7.13. The Morgan fingerprint density at radius 3 is 2.13 bits per heavy atom. The molecule has 1 aliphatic rings. The van der Waals surface area contributed by atoms with Crippen molar-refractivity contribution in [2.75, 3.05) is 0 Å². The smallest absolute Gasteiger partial charge is 0.0295 e. The Bertz CT molecular complexity index is 151. The lowest BCUT2D eigenvalue weighted by Crippen LogP contribution is -2.28. The van der Waals surface area contributed by atoms with Crippen LogP contribution in [-0.2, 0) is 0 Å². The molecule has 1 saturated carbocycles. The van der Waals surface area contributed by atoms with E-state index in [1.165, 1.54) is 64.2 Å². The van der Waals surface area contributed by atoms with E-state index in [9.17, 15) is 0 Å². The summed E-state index contributed by atoms with van der Waals surface area (Å²) in [5, 5.41) is 0. The summed E-state index contributed by atoms with van der Waals surface area (Å²) in [6, 6.07) is 0. The van der Waals surface area contributed by atoms with Crippen LogP contribution in [0.5, 0.6) is 0 Å². The van der Waals surface area contributed by atoms with E-state index in [0.717, 1.165) is 11.3 Å². The van der Waals surface area contributed by atoms with Gasteiger partial charge < -0.3 is 0 Å². The molecule has 90 valence electrons. The average Bonchev–Trinajstić information content (AvgIpc) is 2.24. The van der Waals surface area contributed by atoms with E-state index in [0.29, 0.717) is 0 Å². The van der Waals surface area contributed by atoms with Crippen molar-refractivity contribution < 1.29 is 0 Å². The summed E-state index contributed by atoms with van der Waals surface area (Å²) >= 11 is 0. The summed E-state index contributed by atoms with van der Waals surface area (Å²) < 4.78 is 0. The van der Waals surface area contributed by atoms with Crippen molar-refractivity contribution in [1.29, 1.82) is 0 Å². The van der Waals surface area contributed by atoms with E-state index in [4.69, 9.17) is 0 Å². The van der Waals surface area contributed by atoms with Gasteiger partial charge in [-0.05, 0) is 37.0 Å². The third kappa shape index (κ3) is 4.17. The standard InChI is InChI=1S/C15H30/c1-4-6-10-15(11-7-5-2)12-8-9-14(3)13-15/h14H,4-13H2,1-3H3. The van der Waals surface area contributed by atoms with Gasteiger partial charge in [0.2, 0.25) is 0 Å². The molecule has 15 heavy (non-hydrogen) atoms. The van der Waals surface area contributed by atoms with Gasteiger partial charge in [-0.15, -0.1) is 0 Å². The molecule has 0 spiro atoms. The number of hydrogen-bond acceptors (Lipinski definition) is 0. The van der Waals surface area contributed by atoms with Gasteiger partial charge >= 0.3 is 0 Å². The molecule has 0 saturated heterocycles. The summed E-state index contributed by atoms with van der Waals surface area (Å²) in [7, 11) is 0. The number of hydrogen-bond donors (Lipinski definition) is 0. The Kier molecular flexibility index (Phi) is 5.71. The average molecular weight is 210 g/mol. The van der Waals surface area contributed by atoms with Gasteiger partial charge in [-0.25, -0.2) is 0 Å². The second-order valence-corrected chi connectivity index (χ2v) is 5.91. The van der Waals surface area contributed by atoms with Crippen LogP contribution in [0.3, 0.4) is 0 Å². The fourth-order valence-electron chi connectivity index (χ4n) is 3.45. The Morgan fingerprint density at radius 1 is 1.07 bits per heavy atom. The first-order chi connectivity index (χ1) is 7.22. The lowest BCUT2D eigenvalue weighted by Gasteiger charge is -2.40. The maximum absolute atomic E-state index is 2.46. The summed E-state index contributed by atoms with van der Waals surface area (Å²) in [5.41, 5.74) is 0.754. The molecule has 0 aromatic rings. The first-order valence-electron chi connectivity index (χ1n) is 7.22. The Morgan fingerprint density at radius 2 is 1.67 bits per heavy atom. The van der Waals surface area contributed by atoms with E-state index in [2.05, 4.69) is 20.8 Å². The molecule has 0 heteroatoms. The largest absolute Gasteiger partial charge is 0.0654 e. The highest BCUT2D eigenvalue weighted by atomic mass is 14.4. The fraction of sp³-hybridized carbons (Fsp3) is 1.00. The minimum Gasteiger partial charge on any atom is -0.0654 e. The molecule has 1 unspecified atom stereocenters. The third-order valence-electron chi connectivity index (χ3n) is 4.31. The van der Waals surface area contributed by atoms with E-state index < -0.39 is 0 Å². The van der Waals surface area contributed by atoms with E-state index in [-0.39, 0.29) is 0 Å². The van der Waals surface area contributed by atoms with Gasteiger partial charge in [0.15, 0.2) is 0 Å². The molecule has 0 amide bonds. The molecule has 0 nitrogen and oxygen atoms in total. The molecule has 0 aromatic carbocycles. The zero-order valence-corrected chi connectivity index (χ0v) is 11.1. The minimum atomic E-state index is 0.754. The van der Waals surface area contributed by atoms with Gasteiger partial charge in [-0.2, -0.15) is 0 Å². The molecule has 0 radical (unpaired) electrons. The van der Waals surface area contributed by atoms with Gasteiger partial charge in [0, 0.05) is 0 Å².